The Morgan fingerprint density at radius 2 is 1.75 bits per heavy atom. The van der Waals surface area contributed by atoms with Gasteiger partial charge in [0, 0.05) is 31.7 Å². The van der Waals surface area contributed by atoms with Gasteiger partial charge in [-0.2, -0.15) is 23.5 Å². The minimum atomic E-state index is -0.436. The van der Waals surface area contributed by atoms with E-state index in [9.17, 15) is 10.1 Å². The highest BCUT2D eigenvalue weighted by atomic mass is 32.2. The van der Waals surface area contributed by atoms with Crippen molar-refractivity contribution in [2.45, 2.75) is 24.5 Å². The van der Waals surface area contributed by atoms with E-state index >= 15 is 0 Å². The zero-order valence-corrected chi connectivity index (χ0v) is 23.0. The van der Waals surface area contributed by atoms with Crippen molar-refractivity contribution in [3.63, 3.8) is 0 Å². The van der Waals surface area contributed by atoms with Gasteiger partial charge in [0.15, 0.2) is 5.82 Å². The third-order valence-corrected chi connectivity index (χ3v) is 6.86. The molecule has 0 aliphatic heterocycles. The first-order valence-corrected chi connectivity index (χ1v) is 14.2. The number of hydrogen-bond donors (Lipinski definition) is 2. The molecule has 2 N–H and O–H groups in total. The number of furan rings is 1. The van der Waals surface area contributed by atoms with Crippen LogP contribution in [0.4, 0.5) is 0 Å². The van der Waals surface area contributed by atoms with Crippen molar-refractivity contribution in [3.05, 3.63) is 75.6 Å². The zero-order valence-electron chi connectivity index (χ0n) is 21.4. The smallest absolute Gasteiger partial charge is 0.274 e. The molecule has 0 aliphatic rings. The summed E-state index contributed by atoms with van der Waals surface area (Å²) in [4.78, 5) is 12.6. The van der Waals surface area contributed by atoms with E-state index in [-0.39, 0.29) is 0 Å². The van der Waals surface area contributed by atoms with Gasteiger partial charge < -0.3 is 29.4 Å². The number of nitrogens with zero attached hydrogens (tertiary/aromatic N) is 2. The second-order valence-corrected chi connectivity index (χ2v) is 10.4. The summed E-state index contributed by atoms with van der Waals surface area (Å²) in [7, 11) is 5.67. The predicted molar refractivity (Wildman–Crippen MR) is 148 cm³/mol. The van der Waals surface area contributed by atoms with E-state index in [1.807, 2.05) is 50.1 Å². The molecule has 0 amide bonds. The molecule has 0 saturated carbocycles. The predicted octanol–water partition coefficient (Wildman–Crippen LogP) is 4.18. The molecule has 0 fully saturated rings. The third-order valence-electron chi connectivity index (χ3n) is 4.76. The van der Waals surface area contributed by atoms with E-state index in [2.05, 4.69) is 27.7 Å². The van der Waals surface area contributed by atoms with Crippen LogP contribution in [0.15, 0.2) is 52.8 Å². The number of benzene rings is 1. The fraction of sp³-hybridized carbons (Fsp3) is 0.520. The normalized spacial score (nSPS) is 11.6. The lowest BCUT2D eigenvalue weighted by Gasteiger charge is -2.11. The fourth-order valence-corrected chi connectivity index (χ4v) is 4.77. The molecular weight excluding hydrogens is 500 g/mol. The van der Waals surface area contributed by atoms with Gasteiger partial charge in [-0.3, -0.25) is 10.1 Å². The summed E-state index contributed by atoms with van der Waals surface area (Å²) < 4.78 is 16.4. The SMILES string of the molecule is COCCOc1ccc(CSCCCNC(=C[N+](=O)[O-])NCCSCc2ccc(CN(C)C)o2)cc1. The van der Waals surface area contributed by atoms with Crippen LogP contribution >= 0.6 is 23.5 Å². The summed E-state index contributed by atoms with van der Waals surface area (Å²) in [5.74, 6) is 6.65. The highest BCUT2D eigenvalue weighted by Gasteiger charge is 2.05. The van der Waals surface area contributed by atoms with Crippen LogP contribution in [0.2, 0.25) is 0 Å². The molecule has 0 atom stereocenters. The second-order valence-electron chi connectivity index (χ2n) is 8.23. The molecule has 1 aromatic carbocycles. The maximum atomic E-state index is 11.0. The number of hydrogen-bond acceptors (Lipinski definition) is 10. The van der Waals surface area contributed by atoms with E-state index in [1.165, 1.54) is 5.56 Å². The van der Waals surface area contributed by atoms with Crippen LogP contribution in [0.5, 0.6) is 5.75 Å². The largest absolute Gasteiger partial charge is 0.491 e. The summed E-state index contributed by atoms with van der Waals surface area (Å²) in [6.07, 6.45) is 1.90. The highest BCUT2D eigenvalue weighted by Crippen LogP contribution is 2.18. The van der Waals surface area contributed by atoms with Crippen LogP contribution in [0.1, 0.15) is 23.5 Å². The van der Waals surface area contributed by atoms with Crippen LogP contribution in [-0.4, -0.2) is 68.8 Å². The highest BCUT2D eigenvalue weighted by molar-refractivity contribution is 7.98. The van der Waals surface area contributed by atoms with Gasteiger partial charge in [-0.15, -0.1) is 0 Å². The van der Waals surface area contributed by atoms with Crippen molar-refractivity contribution in [2.75, 3.05) is 59.0 Å². The van der Waals surface area contributed by atoms with Crippen molar-refractivity contribution < 1.29 is 18.8 Å². The standard InChI is InChI=1S/C25H38N4O5S2/c1-28(2)17-23-9-10-24(34-23)20-36-16-12-27-25(18-29(30)31)26-11-4-15-35-19-21-5-7-22(8-6-21)33-14-13-32-3/h5-10,18,26-27H,4,11-17,19-20H2,1-3H3. The molecule has 0 bridgehead atoms. The molecule has 0 spiro atoms. The molecule has 11 heteroatoms. The van der Waals surface area contributed by atoms with Crippen molar-refractivity contribution in [2.24, 2.45) is 0 Å². The lowest BCUT2D eigenvalue weighted by Crippen LogP contribution is -2.29. The first-order chi connectivity index (χ1) is 17.5. The van der Waals surface area contributed by atoms with E-state index in [0.717, 1.165) is 59.4 Å². The average Bonchev–Trinajstić information content (AvgIpc) is 3.28. The number of ether oxygens (including phenoxy) is 2. The number of nitro groups is 1. The molecule has 36 heavy (non-hydrogen) atoms. The van der Waals surface area contributed by atoms with Crippen LogP contribution in [0, 0.1) is 10.1 Å². The molecule has 200 valence electrons. The summed E-state index contributed by atoms with van der Waals surface area (Å²) in [6, 6.07) is 12.1. The van der Waals surface area contributed by atoms with E-state index in [0.29, 0.717) is 32.1 Å². The van der Waals surface area contributed by atoms with Crippen LogP contribution < -0.4 is 15.4 Å². The van der Waals surface area contributed by atoms with Crippen molar-refractivity contribution >= 4 is 23.5 Å². The molecule has 1 heterocycles. The van der Waals surface area contributed by atoms with Gasteiger partial charge in [-0.05, 0) is 56.1 Å². The Kier molecular flexibility index (Phi) is 14.9. The van der Waals surface area contributed by atoms with Crippen LogP contribution in [0.25, 0.3) is 0 Å². The molecule has 0 aliphatic carbocycles. The fourth-order valence-electron chi connectivity index (χ4n) is 3.10. The van der Waals surface area contributed by atoms with Gasteiger partial charge in [-0.1, -0.05) is 12.1 Å². The topological polar surface area (TPSA) is 102 Å². The Morgan fingerprint density at radius 3 is 2.47 bits per heavy atom. The molecular formula is C25H38N4O5S2. The van der Waals surface area contributed by atoms with E-state index in [1.54, 1.807) is 18.9 Å². The van der Waals surface area contributed by atoms with Crippen LogP contribution in [-0.2, 0) is 22.8 Å². The summed E-state index contributed by atoms with van der Waals surface area (Å²) in [5, 5.41) is 17.2. The maximum Gasteiger partial charge on any atom is 0.274 e. The summed E-state index contributed by atoms with van der Waals surface area (Å²) in [5.41, 5.74) is 1.24. The Balaban J connectivity index is 1.57. The first-order valence-electron chi connectivity index (χ1n) is 11.9. The van der Waals surface area contributed by atoms with Crippen LogP contribution in [0.3, 0.4) is 0 Å². The Bertz CT molecular complexity index is 906. The van der Waals surface area contributed by atoms with Crippen molar-refractivity contribution in [1.29, 1.82) is 0 Å². The Hall–Kier alpha value is -2.34. The monoisotopic (exact) mass is 538 g/mol. The Labute approximate surface area is 222 Å². The minimum absolute atomic E-state index is 0.436. The van der Waals surface area contributed by atoms with Crippen molar-refractivity contribution in [1.82, 2.24) is 15.5 Å². The molecule has 0 saturated heterocycles. The molecule has 1 aromatic heterocycles. The average molecular weight is 539 g/mol. The quantitative estimate of drug-likeness (QED) is 0.145. The zero-order chi connectivity index (χ0) is 26.0. The van der Waals surface area contributed by atoms with Gasteiger partial charge in [0.2, 0.25) is 0 Å². The molecule has 2 aromatic rings. The number of nitrogens with one attached hydrogen (secondary N) is 2. The number of thioether (sulfide) groups is 2. The van der Waals surface area contributed by atoms with E-state index < -0.39 is 4.92 Å². The van der Waals surface area contributed by atoms with E-state index in [4.69, 9.17) is 13.9 Å². The first kappa shape index (κ1) is 29.9. The molecule has 0 unspecified atom stereocenters. The maximum absolute atomic E-state index is 11.0. The van der Waals surface area contributed by atoms with Gasteiger partial charge in [-0.25, -0.2) is 0 Å². The molecule has 2 rings (SSSR count). The lowest BCUT2D eigenvalue weighted by molar-refractivity contribution is -0.404. The second kappa shape index (κ2) is 18.0. The van der Waals surface area contributed by atoms with Gasteiger partial charge in [0.05, 0.1) is 23.8 Å². The van der Waals surface area contributed by atoms with Gasteiger partial charge >= 0.3 is 0 Å². The lowest BCUT2D eigenvalue weighted by atomic mass is 10.2. The van der Waals surface area contributed by atoms with Crippen molar-refractivity contribution in [3.8, 4) is 5.75 Å². The number of methoxy groups -OCH3 is 1. The Morgan fingerprint density at radius 1 is 1.03 bits per heavy atom. The third kappa shape index (κ3) is 13.7. The summed E-state index contributed by atoms with van der Waals surface area (Å²) in [6.45, 7) is 3.19. The molecule has 9 nitrogen and oxygen atoms in total. The van der Waals surface area contributed by atoms with Gasteiger partial charge in [0.25, 0.3) is 6.20 Å². The number of rotatable bonds is 20. The summed E-state index contributed by atoms with van der Waals surface area (Å²) >= 11 is 3.56. The minimum Gasteiger partial charge on any atom is -0.491 e. The van der Waals surface area contributed by atoms with Gasteiger partial charge in [0.1, 0.15) is 23.9 Å². The molecule has 0 radical (unpaired) electrons.